The Labute approximate surface area is 123 Å². The summed E-state index contributed by atoms with van der Waals surface area (Å²) in [6.07, 6.45) is 0. The van der Waals surface area contributed by atoms with Crippen LogP contribution in [0.2, 0.25) is 0 Å². The molecule has 0 aromatic heterocycles. The summed E-state index contributed by atoms with van der Waals surface area (Å²) in [4.78, 5) is 0.937. The van der Waals surface area contributed by atoms with Crippen LogP contribution in [0, 0.1) is 20.8 Å². The van der Waals surface area contributed by atoms with Crippen molar-refractivity contribution in [2.45, 2.75) is 38.0 Å². The Morgan fingerprint density at radius 3 is 2.40 bits per heavy atom. The molecule has 0 saturated carbocycles. The van der Waals surface area contributed by atoms with E-state index in [2.05, 4.69) is 19.1 Å². The highest BCUT2D eigenvalue weighted by Crippen LogP contribution is 2.20. The fraction of sp³-hybridized carbons (Fsp3) is 0.294. The third-order valence-corrected chi connectivity index (χ3v) is 5.02. The summed E-state index contributed by atoms with van der Waals surface area (Å²) in [6.45, 7) is 6.63. The van der Waals surface area contributed by atoms with Crippen molar-refractivity contribution in [3.05, 3.63) is 64.2 Å². The van der Waals surface area contributed by atoms with Crippen LogP contribution in [0.5, 0.6) is 0 Å². The molecule has 0 spiro atoms. The van der Waals surface area contributed by atoms with Crippen LogP contribution in [0.15, 0.2) is 41.3 Å². The molecular formula is C17H21NOS. The zero-order valence-electron chi connectivity index (χ0n) is 12.3. The van der Waals surface area contributed by atoms with Gasteiger partial charge in [0.25, 0.3) is 0 Å². The van der Waals surface area contributed by atoms with E-state index in [1.54, 1.807) is 0 Å². The number of aryl methyl sites for hydroxylation is 3. The molecule has 0 heterocycles. The molecule has 2 nitrogen and oxygen atoms in total. The summed E-state index contributed by atoms with van der Waals surface area (Å²) >= 11 is 0. The van der Waals surface area contributed by atoms with Gasteiger partial charge < -0.3 is 5.73 Å². The number of hydrogen-bond donors (Lipinski definition) is 1. The molecule has 3 heteroatoms. The SMILES string of the molecule is Cc1ccc(C)c(S(=O)Cc2ccc(CN)cc2C)c1. The molecule has 0 aliphatic heterocycles. The lowest BCUT2D eigenvalue weighted by molar-refractivity contribution is 0.682. The van der Waals surface area contributed by atoms with Gasteiger partial charge in [-0.3, -0.25) is 4.21 Å². The molecule has 0 saturated heterocycles. The van der Waals surface area contributed by atoms with E-state index in [-0.39, 0.29) is 0 Å². The van der Waals surface area contributed by atoms with E-state index in [0.717, 1.165) is 32.7 Å². The van der Waals surface area contributed by atoms with E-state index in [9.17, 15) is 4.21 Å². The topological polar surface area (TPSA) is 43.1 Å². The van der Waals surface area contributed by atoms with Gasteiger partial charge in [-0.15, -0.1) is 0 Å². The lowest BCUT2D eigenvalue weighted by Gasteiger charge is -2.10. The average molecular weight is 287 g/mol. The van der Waals surface area contributed by atoms with E-state index in [1.807, 2.05) is 38.1 Å². The standard InChI is InChI=1S/C17H21NOS/c1-12-4-5-13(2)17(8-12)20(19)11-16-7-6-15(10-18)9-14(16)3/h4-9H,10-11,18H2,1-3H3. The summed E-state index contributed by atoms with van der Waals surface area (Å²) in [7, 11) is -1.01. The molecule has 0 amide bonds. The Morgan fingerprint density at radius 1 is 1.00 bits per heavy atom. The lowest BCUT2D eigenvalue weighted by atomic mass is 10.1. The minimum Gasteiger partial charge on any atom is -0.326 e. The summed E-state index contributed by atoms with van der Waals surface area (Å²) in [5.74, 6) is 0.557. The zero-order valence-corrected chi connectivity index (χ0v) is 13.1. The average Bonchev–Trinajstić information content (AvgIpc) is 2.43. The van der Waals surface area contributed by atoms with Gasteiger partial charge in [0.2, 0.25) is 0 Å². The first-order valence-corrected chi connectivity index (χ1v) is 8.07. The van der Waals surface area contributed by atoms with Crippen molar-refractivity contribution in [2.24, 2.45) is 5.73 Å². The summed E-state index contributed by atoms with van der Waals surface area (Å²) in [6, 6.07) is 12.2. The maximum Gasteiger partial charge on any atom is 0.0577 e. The van der Waals surface area contributed by atoms with Crippen LogP contribution in [-0.4, -0.2) is 4.21 Å². The second-order valence-electron chi connectivity index (χ2n) is 5.22. The van der Waals surface area contributed by atoms with Crippen molar-refractivity contribution in [3.8, 4) is 0 Å². The second kappa shape index (κ2) is 6.33. The highest BCUT2D eigenvalue weighted by Gasteiger charge is 2.10. The normalized spacial score (nSPS) is 12.4. The van der Waals surface area contributed by atoms with Gasteiger partial charge in [0.1, 0.15) is 0 Å². The van der Waals surface area contributed by atoms with Gasteiger partial charge >= 0.3 is 0 Å². The first-order valence-electron chi connectivity index (χ1n) is 6.75. The predicted octanol–water partition coefficient (Wildman–Crippen LogP) is 3.38. The van der Waals surface area contributed by atoms with Crippen LogP contribution in [-0.2, 0) is 23.1 Å². The van der Waals surface area contributed by atoms with Gasteiger partial charge in [-0.2, -0.15) is 0 Å². The monoisotopic (exact) mass is 287 g/mol. The van der Waals surface area contributed by atoms with Crippen LogP contribution in [0.4, 0.5) is 0 Å². The van der Waals surface area contributed by atoms with E-state index in [1.165, 1.54) is 0 Å². The molecule has 2 aromatic rings. The third kappa shape index (κ3) is 3.35. The van der Waals surface area contributed by atoms with Crippen LogP contribution < -0.4 is 5.73 Å². The van der Waals surface area contributed by atoms with E-state index >= 15 is 0 Å². The minimum absolute atomic E-state index is 0.543. The van der Waals surface area contributed by atoms with Crippen molar-refractivity contribution < 1.29 is 4.21 Å². The first-order chi connectivity index (χ1) is 9.51. The maximum absolute atomic E-state index is 12.6. The van der Waals surface area contributed by atoms with Crippen molar-refractivity contribution >= 4 is 10.8 Å². The summed E-state index contributed by atoms with van der Waals surface area (Å²) in [5.41, 5.74) is 11.3. The van der Waals surface area contributed by atoms with Gasteiger partial charge in [0.15, 0.2) is 0 Å². The van der Waals surface area contributed by atoms with Gasteiger partial charge in [-0.25, -0.2) is 0 Å². The fourth-order valence-electron chi connectivity index (χ4n) is 2.22. The van der Waals surface area contributed by atoms with Crippen molar-refractivity contribution in [1.82, 2.24) is 0 Å². The molecule has 106 valence electrons. The largest absolute Gasteiger partial charge is 0.326 e. The molecule has 2 N–H and O–H groups in total. The van der Waals surface area contributed by atoms with E-state index in [4.69, 9.17) is 5.73 Å². The fourth-order valence-corrected chi connectivity index (χ4v) is 3.72. The molecule has 20 heavy (non-hydrogen) atoms. The molecule has 1 atom stereocenters. The maximum atomic E-state index is 12.6. The summed E-state index contributed by atoms with van der Waals surface area (Å²) in [5, 5.41) is 0. The quantitative estimate of drug-likeness (QED) is 0.937. The van der Waals surface area contributed by atoms with Crippen molar-refractivity contribution in [2.75, 3.05) is 0 Å². The molecular weight excluding hydrogens is 266 g/mol. The van der Waals surface area contributed by atoms with Gasteiger partial charge in [0, 0.05) is 11.4 Å². The molecule has 0 aliphatic rings. The van der Waals surface area contributed by atoms with Gasteiger partial charge in [-0.1, -0.05) is 30.3 Å². The van der Waals surface area contributed by atoms with Crippen LogP contribution in [0.25, 0.3) is 0 Å². The Balaban J connectivity index is 2.25. The molecule has 0 aliphatic carbocycles. The number of nitrogens with two attached hydrogens (primary N) is 1. The molecule has 2 aromatic carbocycles. The predicted molar refractivity (Wildman–Crippen MR) is 85.1 cm³/mol. The van der Waals surface area contributed by atoms with Crippen LogP contribution in [0.3, 0.4) is 0 Å². The molecule has 0 radical (unpaired) electrons. The van der Waals surface area contributed by atoms with Gasteiger partial charge in [0.05, 0.1) is 16.6 Å². The van der Waals surface area contributed by atoms with E-state index < -0.39 is 10.8 Å². The zero-order chi connectivity index (χ0) is 14.7. The molecule has 0 bridgehead atoms. The number of benzene rings is 2. The third-order valence-electron chi connectivity index (χ3n) is 3.52. The Kier molecular flexibility index (Phi) is 4.73. The first kappa shape index (κ1) is 14.9. The molecule has 1 unspecified atom stereocenters. The van der Waals surface area contributed by atoms with Gasteiger partial charge in [-0.05, 0) is 54.7 Å². The minimum atomic E-state index is -1.01. The molecule has 2 rings (SSSR count). The Hall–Kier alpha value is -1.45. The highest BCUT2D eigenvalue weighted by atomic mass is 32.2. The number of hydrogen-bond acceptors (Lipinski definition) is 2. The highest BCUT2D eigenvalue weighted by molar-refractivity contribution is 7.84. The Bertz CT molecular complexity index is 649. The summed E-state index contributed by atoms with van der Waals surface area (Å²) < 4.78 is 12.6. The van der Waals surface area contributed by atoms with Crippen LogP contribution >= 0.6 is 0 Å². The van der Waals surface area contributed by atoms with E-state index in [0.29, 0.717) is 12.3 Å². The number of rotatable bonds is 4. The lowest BCUT2D eigenvalue weighted by Crippen LogP contribution is -2.03. The Morgan fingerprint density at radius 2 is 1.75 bits per heavy atom. The van der Waals surface area contributed by atoms with Crippen molar-refractivity contribution in [1.29, 1.82) is 0 Å². The van der Waals surface area contributed by atoms with Crippen molar-refractivity contribution in [3.63, 3.8) is 0 Å². The smallest absolute Gasteiger partial charge is 0.0577 e. The molecule has 0 fully saturated rings. The van der Waals surface area contributed by atoms with Crippen LogP contribution in [0.1, 0.15) is 27.8 Å². The second-order valence-corrected chi connectivity index (χ2v) is 6.64.